The van der Waals surface area contributed by atoms with E-state index in [9.17, 15) is 13.2 Å². The molecule has 3 rings (SSSR count). The Labute approximate surface area is 172 Å². The fourth-order valence-electron chi connectivity index (χ4n) is 3.40. The Bertz CT molecular complexity index is 907. The second-order valence-corrected chi connectivity index (χ2v) is 8.95. The second-order valence-electron chi connectivity index (χ2n) is 7.27. The fourth-order valence-corrected chi connectivity index (χ4v) is 4.48. The number of carbonyl (C=O) groups excluding carboxylic acids is 1. The Morgan fingerprint density at radius 2 is 1.66 bits per heavy atom. The van der Waals surface area contributed by atoms with Crippen molar-refractivity contribution in [1.29, 1.82) is 0 Å². The molecule has 0 aromatic heterocycles. The number of carbonyl (C=O) groups is 1. The third-order valence-electron chi connectivity index (χ3n) is 4.66. The molecule has 1 heterocycles. The van der Waals surface area contributed by atoms with Crippen LogP contribution in [0.2, 0.25) is 0 Å². The smallest absolute Gasteiger partial charge is 0.261 e. The predicted molar refractivity (Wildman–Crippen MR) is 112 cm³/mol. The van der Waals surface area contributed by atoms with Crippen LogP contribution in [0.4, 0.5) is 5.69 Å². The van der Waals surface area contributed by atoms with E-state index in [1.807, 2.05) is 0 Å². The summed E-state index contributed by atoms with van der Waals surface area (Å²) in [5.74, 6) is -0.183. The molecule has 1 saturated heterocycles. The number of amides is 1. The number of nitrogens with zero attached hydrogens (tertiary/aromatic N) is 1. The van der Waals surface area contributed by atoms with E-state index in [0.717, 1.165) is 19.6 Å². The van der Waals surface area contributed by atoms with E-state index in [0.29, 0.717) is 17.8 Å². The Hall–Kier alpha value is -2.42. The van der Waals surface area contributed by atoms with E-state index >= 15 is 0 Å². The maximum Gasteiger partial charge on any atom is 0.261 e. The number of ether oxygens (including phenoxy) is 1. The molecule has 29 heavy (non-hydrogen) atoms. The van der Waals surface area contributed by atoms with Crippen LogP contribution in [0.15, 0.2) is 59.5 Å². The standard InChI is InChI=1S/C21H27N3O4S/c1-16-14-24(15-17(2)28-16)13-12-22-21(25)18-8-10-19(11-9-18)23-29(26,27)20-6-4-3-5-7-20/h3-11,16-17,23H,12-15H2,1-2H3,(H,22,25). The van der Waals surface area contributed by atoms with Crippen molar-refractivity contribution in [2.75, 3.05) is 30.9 Å². The Morgan fingerprint density at radius 1 is 1.03 bits per heavy atom. The third kappa shape index (κ3) is 6.03. The number of nitrogens with one attached hydrogen (secondary N) is 2. The van der Waals surface area contributed by atoms with Gasteiger partial charge >= 0.3 is 0 Å². The molecule has 0 radical (unpaired) electrons. The Morgan fingerprint density at radius 3 is 2.28 bits per heavy atom. The molecular formula is C21H27N3O4S. The molecule has 0 spiro atoms. The zero-order valence-electron chi connectivity index (χ0n) is 16.7. The van der Waals surface area contributed by atoms with Crippen LogP contribution in [0.5, 0.6) is 0 Å². The van der Waals surface area contributed by atoms with Crippen molar-refractivity contribution >= 4 is 21.6 Å². The molecule has 0 aliphatic carbocycles. The molecule has 0 saturated carbocycles. The van der Waals surface area contributed by atoms with E-state index in [2.05, 4.69) is 28.8 Å². The Balaban J connectivity index is 1.51. The number of sulfonamides is 1. The lowest BCUT2D eigenvalue weighted by atomic mass is 10.2. The first-order valence-electron chi connectivity index (χ1n) is 9.67. The number of anilines is 1. The predicted octanol–water partition coefficient (Wildman–Crippen LogP) is 2.33. The summed E-state index contributed by atoms with van der Waals surface area (Å²) in [6, 6.07) is 14.5. The van der Waals surface area contributed by atoms with Gasteiger partial charge in [0.2, 0.25) is 0 Å². The van der Waals surface area contributed by atoms with Gasteiger partial charge in [0.1, 0.15) is 0 Å². The highest BCUT2D eigenvalue weighted by Crippen LogP contribution is 2.16. The van der Waals surface area contributed by atoms with Crippen LogP contribution in [-0.2, 0) is 14.8 Å². The van der Waals surface area contributed by atoms with Gasteiger partial charge in [-0.05, 0) is 50.2 Å². The summed E-state index contributed by atoms with van der Waals surface area (Å²) in [6.07, 6.45) is 0.392. The summed E-state index contributed by atoms with van der Waals surface area (Å²) >= 11 is 0. The fraction of sp³-hybridized carbons (Fsp3) is 0.381. The molecule has 1 fully saturated rings. The van der Waals surface area contributed by atoms with Crippen LogP contribution in [0.3, 0.4) is 0 Å². The largest absolute Gasteiger partial charge is 0.373 e. The first-order valence-corrected chi connectivity index (χ1v) is 11.2. The third-order valence-corrected chi connectivity index (χ3v) is 6.06. The van der Waals surface area contributed by atoms with Gasteiger partial charge < -0.3 is 10.1 Å². The van der Waals surface area contributed by atoms with Crippen LogP contribution in [0.1, 0.15) is 24.2 Å². The monoisotopic (exact) mass is 417 g/mol. The van der Waals surface area contributed by atoms with Crippen LogP contribution >= 0.6 is 0 Å². The van der Waals surface area contributed by atoms with Gasteiger partial charge in [-0.1, -0.05) is 18.2 Å². The SMILES string of the molecule is CC1CN(CCNC(=O)c2ccc(NS(=O)(=O)c3ccccc3)cc2)CC(C)O1. The van der Waals surface area contributed by atoms with Crippen molar-refractivity contribution in [3.05, 3.63) is 60.2 Å². The summed E-state index contributed by atoms with van der Waals surface area (Å²) in [6.45, 7) is 7.12. The zero-order chi connectivity index (χ0) is 20.9. The summed E-state index contributed by atoms with van der Waals surface area (Å²) in [7, 11) is -3.65. The van der Waals surface area contributed by atoms with E-state index < -0.39 is 10.0 Å². The first kappa shape index (κ1) is 21.3. The van der Waals surface area contributed by atoms with Gasteiger partial charge in [0.25, 0.3) is 15.9 Å². The highest BCUT2D eigenvalue weighted by atomic mass is 32.2. The molecular weight excluding hydrogens is 390 g/mol. The number of morpholine rings is 1. The molecule has 2 N–H and O–H groups in total. The van der Waals surface area contributed by atoms with Gasteiger partial charge in [0.05, 0.1) is 17.1 Å². The molecule has 8 heteroatoms. The van der Waals surface area contributed by atoms with Gasteiger partial charge in [-0.25, -0.2) is 8.42 Å². The van der Waals surface area contributed by atoms with E-state index in [1.54, 1.807) is 42.5 Å². The molecule has 7 nitrogen and oxygen atoms in total. The van der Waals surface area contributed by atoms with Gasteiger partial charge in [-0.2, -0.15) is 0 Å². The van der Waals surface area contributed by atoms with Crippen molar-refractivity contribution in [3.8, 4) is 0 Å². The number of hydrogen-bond donors (Lipinski definition) is 2. The normalized spacial score (nSPS) is 20.2. The number of rotatable bonds is 7. The number of hydrogen-bond acceptors (Lipinski definition) is 5. The molecule has 2 unspecified atom stereocenters. The first-order chi connectivity index (χ1) is 13.8. The topological polar surface area (TPSA) is 87.7 Å². The molecule has 1 amide bonds. The van der Waals surface area contributed by atoms with Gasteiger partial charge in [-0.3, -0.25) is 14.4 Å². The molecule has 2 aromatic rings. The zero-order valence-corrected chi connectivity index (χ0v) is 17.5. The molecule has 156 valence electrons. The lowest BCUT2D eigenvalue weighted by molar-refractivity contribution is -0.0672. The molecule has 2 atom stereocenters. The summed E-state index contributed by atoms with van der Waals surface area (Å²) in [5.41, 5.74) is 0.887. The lowest BCUT2D eigenvalue weighted by Gasteiger charge is -2.35. The molecule has 2 aromatic carbocycles. The highest BCUT2D eigenvalue weighted by molar-refractivity contribution is 7.92. The van der Waals surface area contributed by atoms with Gasteiger partial charge in [0, 0.05) is 37.4 Å². The highest BCUT2D eigenvalue weighted by Gasteiger charge is 2.21. The van der Waals surface area contributed by atoms with E-state index in [-0.39, 0.29) is 23.0 Å². The van der Waals surface area contributed by atoms with Gasteiger partial charge in [-0.15, -0.1) is 0 Å². The Kier molecular flexibility index (Phi) is 6.89. The summed E-state index contributed by atoms with van der Waals surface area (Å²) in [4.78, 5) is 14.8. The lowest BCUT2D eigenvalue weighted by Crippen LogP contribution is -2.47. The van der Waals surface area contributed by atoms with Gasteiger partial charge in [0.15, 0.2) is 0 Å². The van der Waals surface area contributed by atoms with Crippen molar-refractivity contribution in [3.63, 3.8) is 0 Å². The van der Waals surface area contributed by atoms with E-state index in [1.165, 1.54) is 12.1 Å². The maximum atomic E-state index is 12.4. The van der Waals surface area contributed by atoms with Crippen LogP contribution < -0.4 is 10.0 Å². The second kappa shape index (κ2) is 9.39. The molecule has 0 bridgehead atoms. The summed E-state index contributed by atoms with van der Waals surface area (Å²) in [5, 5.41) is 2.91. The average Bonchev–Trinajstić information content (AvgIpc) is 2.68. The van der Waals surface area contributed by atoms with Crippen LogP contribution in [0, 0.1) is 0 Å². The number of benzene rings is 2. The maximum absolute atomic E-state index is 12.4. The van der Waals surface area contributed by atoms with Crippen LogP contribution in [-0.4, -0.2) is 57.6 Å². The van der Waals surface area contributed by atoms with Crippen molar-refractivity contribution in [2.24, 2.45) is 0 Å². The van der Waals surface area contributed by atoms with Crippen molar-refractivity contribution in [2.45, 2.75) is 31.0 Å². The average molecular weight is 418 g/mol. The minimum Gasteiger partial charge on any atom is -0.373 e. The van der Waals surface area contributed by atoms with Crippen LogP contribution in [0.25, 0.3) is 0 Å². The van der Waals surface area contributed by atoms with Crippen molar-refractivity contribution < 1.29 is 17.9 Å². The minimum atomic E-state index is -3.65. The molecule has 1 aliphatic heterocycles. The quantitative estimate of drug-likeness (QED) is 0.722. The van der Waals surface area contributed by atoms with E-state index in [4.69, 9.17) is 4.74 Å². The summed E-state index contributed by atoms with van der Waals surface area (Å²) < 4.78 is 32.9. The minimum absolute atomic E-state index is 0.183. The van der Waals surface area contributed by atoms with Crippen molar-refractivity contribution in [1.82, 2.24) is 10.2 Å². The molecule has 1 aliphatic rings.